The zero-order valence-electron chi connectivity index (χ0n) is 14.1. The fourth-order valence-electron chi connectivity index (χ4n) is 2.05. The first kappa shape index (κ1) is 18.2. The van der Waals surface area contributed by atoms with Crippen molar-refractivity contribution in [3.05, 3.63) is 52.4 Å². The van der Waals surface area contributed by atoms with Crippen LogP contribution < -0.4 is 10.6 Å². The maximum absolute atomic E-state index is 12.2. The number of carbonyl (C=O) groups excluding carboxylic acids is 1. The van der Waals surface area contributed by atoms with Gasteiger partial charge in [0.25, 0.3) is 5.91 Å². The second-order valence-corrected chi connectivity index (χ2v) is 6.16. The predicted octanol–water partition coefficient (Wildman–Crippen LogP) is 2.34. The second kappa shape index (κ2) is 8.61. The van der Waals surface area contributed by atoms with Gasteiger partial charge in [0.2, 0.25) is 0 Å². The van der Waals surface area contributed by atoms with E-state index in [0.717, 1.165) is 12.1 Å². The smallest absolute Gasteiger partial charge is 0.270 e. The topological polar surface area (TPSA) is 70.2 Å². The predicted molar refractivity (Wildman–Crippen MR) is 96.4 cm³/mol. The van der Waals surface area contributed by atoms with Gasteiger partial charge in [0.05, 0.1) is 0 Å². The fourth-order valence-corrected chi connectivity index (χ4v) is 2.18. The number of nitrogens with zero attached hydrogens (tertiary/aromatic N) is 3. The molecule has 128 valence electrons. The highest BCUT2D eigenvalue weighted by Crippen LogP contribution is 2.12. The minimum Gasteiger partial charge on any atom is -0.366 e. The number of benzene rings is 1. The number of rotatable bonds is 7. The number of amides is 1. The van der Waals surface area contributed by atoms with Gasteiger partial charge >= 0.3 is 0 Å². The fraction of sp³-hybridized carbons (Fsp3) is 0.353. The van der Waals surface area contributed by atoms with Crippen LogP contribution in [-0.4, -0.2) is 48.0 Å². The van der Waals surface area contributed by atoms with Gasteiger partial charge in [-0.2, -0.15) is 0 Å². The maximum atomic E-state index is 12.2. The van der Waals surface area contributed by atoms with E-state index in [2.05, 4.69) is 20.6 Å². The summed E-state index contributed by atoms with van der Waals surface area (Å²) in [5.74, 6) is 0.973. The summed E-state index contributed by atoms with van der Waals surface area (Å²) in [5, 5.41) is 6.76. The normalized spacial score (nSPS) is 10.7. The first-order chi connectivity index (χ1) is 11.4. The summed E-state index contributed by atoms with van der Waals surface area (Å²) in [7, 11) is 3.92. The van der Waals surface area contributed by atoms with Gasteiger partial charge < -0.3 is 15.5 Å². The summed E-state index contributed by atoms with van der Waals surface area (Å²) >= 11 is 5.88. The zero-order chi connectivity index (χ0) is 17.5. The quantitative estimate of drug-likeness (QED) is 0.804. The summed E-state index contributed by atoms with van der Waals surface area (Å²) < 4.78 is 0. The third kappa shape index (κ3) is 5.79. The maximum Gasteiger partial charge on any atom is 0.270 e. The number of carbonyl (C=O) groups is 1. The van der Waals surface area contributed by atoms with Crippen LogP contribution in [0.25, 0.3) is 0 Å². The minimum absolute atomic E-state index is 0.197. The van der Waals surface area contributed by atoms with Crippen LogP contribution >= 0.6 is 11.6 Å². The van der Waals surface area contributed by atoms with Crippen LogP contribution in [0.3, 0.4) is 0 Å². The summed E-state index contributed by atoms with van der Waals surface area (Å²) in [6.45, 7) is 3.71. The molecule has 0 spiro atoms. The van der Waals surface area contributed by atoms with E-state index in [4.69, 9.17) is 11.6 Å². The van der Waals surface area contributed by atoms with E-state index in [9.17, 15) is 4.79 Å². The molecule has 0 aliphatic rings. The molecule has 0 aliphatic carbocycles. The van der Waals surface area contributed by atoms with Crippen LogP contribution in [0.1, 0.15) is 21.9 Å². The lowest BCUT2D eigenvalue weighted by atomic mass is 10.2. The highest BCUT2D eigenvalue weighted by atomic mass is 35.5. The van der Waals surface area contributed by atoms with Gasteiger partial charge in [0.15, 0.2) is 0 Å². The van der Waals surface area contributed by atoms with Crippen LogP contribution in [0.15, 0.2) is 30.3 Å². The third-order valence-electron chi connectivity index (χ3n) is 3.30. The van der Waals surface area contributed by atoms with Crippen molar-refractivity contribution in [1.29, 1.82) is 0 Å². The molecule has 0 atom stereocenters. The molecule has 1 amide bonds. The third-order valence-corrected chi connectivity index (χ3v) is 3.55. The van der Waals surface area contributed by atoms with E-state index < -0.39 is 0 Å². The Labute approximate surface area is 147 Å². The van der Waals surface area contributed by atoms with Crippen molar-refractivity contribution in [1.82, 2.24) is 20.2 Å². The van der Waals surface area contributed by atoms with Crippen molar-refractivity contribution in [3.63, 3.8) is 0 Å². The molecule has 2 aromatic rings. The van der Waals surface area contributed by atoms with Gasteiger partial charge in [-0.15, -0.1) is 0 Å². The highest BCUT2D eigenvalue weighted by molar-refractivity contribution is 6.30. The molecule has 2 N–H and O–H groups in total. The average molecular weight is 348 g/mol. The molecule has 24 heavy (non-hydrogen) atoms. The number of hydrogen-bond acceptors (Lipinski definition) is 5. The largest absolute Gasteiger partial charge is 0.366 e. The van der Waals surface area contributed by atoms with Crippen molar-refractivity contribution in [2.24, 2.45) is 0 Å². The van der Waals surface area contributed by atoms with Gasteiger partial charge in [-0.3, -0.25) is 4.79 Å². The Kier molecular flexibility index (Phi) is 6.52. The van der Waals surface area contributed by atoms with Crippen molar-refractivity contribution in [3.8, 4) is 0 Å². The molecule has 7 heteroatoms. The Morgan fingerprint density at radius 3 is 2.58 bits per heavy atom. The molecule has 2 rings (SSSR count). The Bertz CT molecular complexity index is 688. The van der Waals surface area contributed by atoms with Gasteiger partial charge in [0.1, 0.15) is 17.3 Å². The van der Waals surface area contributed by atoms with Crippen LogP contribution in [0.4, 0.5) is 5.82 Å². The molecule has 0 bridgehead atoms. The van der Waals surface area contributed by atoms with Crippen molar-refractivity contribution < 1.29 is 4.79 Å². The second-order valence-electron chi connectivity index (χ2n) is 5.72. The van der Waals surface area contributed by atoms with E-state index in [1.54, 1.807) is 13.0 Å². The lowest BCUT2D eigenvalue weighted by Crippen LogP contribution is -2.32. The number of aromatic nitrogens is 2. The van der Waals surface area contributed by atoms with E-state index in [1.165, 1.54) is 0 Å². The Morgan fingerprint density at radius 1 is 1.21 bits per heavy atom. The summed E-state index contributed by atoms with van der Waals surface area (Å²) in [6, 6.07) is 9.23. The summed E-state index contributed by atoms with van der Waals surface area (Å²) in [4.78, 5) is 22.7. The minimum atomic E-state index is -0.197. The lowest BCUT2D eigenvalue weighted by Gasteiger charge is -2.11. The van der Waals surface area contributed by atoms with Crippen LogP contribution in [0.2, 0.25) is 5.02 Å². The molecule has 1 heterocycles. The molecule has 0 radical (unpaired) electrons. The number of aryl methyl sites for hydroxylation is 1. The molecule has 1 aromatic heterocycles. The Hall–Kier alpha value is -2.18. The Balaban J connectivity index is 1.99. The highest BCUT2D eigenvalue weighted by Gasteiger charge is 2.10. The van der Waals surface area contributed by atoms with E-state index in [0.29, 0.717) is 35.4 Å². The lowest BCUT2D eigenvalue weighted by molar-refractivity contribution is 0.0945. The first-order valence-corrected chi connectivity index (χ1v) is 8.09. The summed E-state index contributed by atoms with van der Waals surface area (Å²) in [6.07, 6.45) is 0. The number of likely N-dealkylation sites (N-methyl/N-ethyl adjacent to an activating group) is 1. The van der Waals surface area contributed by atoms with Gasteiger partial charge in [-0.1, -0.05) is 23.7 Å². The zero-order valence-corrected chi connectivity index (χ0v) is 14.9. The SMILES string of the molecule is Cc1nc(NCc2ccc(Cl)cc2)cc(C(=O)NCCN(C)C)n1. The molecular formula is C17H22ClN5O. The van der Waals surface area contributed by atoms with Gasteiger partial charge in [0, 0.05) is 30.7 Å². The molecular weight excluding hydrogens is 326 g/mol. The molecule has 0 saturated heterocycles. The van der Waals surface area contributed by atoms with Gasteiger partial charge in [-0.25, -0.2) is 9.97 Å². The molecule has 1 aromatic carbocycles. The number of anilines is 1. The standard InChI is InChI=1S/C17H22ClN5O/c1-12-21-15(17(24)19-8-9-23(2)3)10-16(22-12)20-11-13-4-6-14(18)7-5-13/h4-7,10H,8-9,11H2,1-3H3,(H,19,24)(H,20,21,22). The first-order valence-electron chi connectivity index (χ1n) is 7.71. The van der Waals surface area contributed by atoms with E-state index in [-0.39, 0.29) is 5.91 Å². The van der Waals surface area contributed by atoms with Crippen molar-refractivity contribution in [2.75, 3.05) is 32.5 Å². The molecule has 0 fully saturated rings. The summed E-state index contributed by atoms with van der Waals surface area (Å²) in [5.41, 5.74) is 1.44. The van der Waals surface area contributed by atoms with Crippen molar-refractivity contribution in [2.45, 2.75) is 13.5 Å². The molecule has 0 aliphatic heterocycles. The molecule has 6 nitrogen and oxygen atoms in total. The van der Waals surface area contributed by atoms with Crippen LogP contribution in [0.5, 0.6) is 0 Å². The molecule has 0 saturated carbocycles. The number of hydrogen-bond donors (Lipinski definition) is 2. The number of halogens is 1. The van der Waals surface area contributed by atoms with Gasteiger partial charge in [-0.05, 0) is 38.7 Å². The van der Waals surface area contributed by atoms with Crippen LogP contribution in [-0.2, 0) is 6.54 Å². The van der Waals surface area contributed by atoms with Crippen molar-refractivity contribution >= 4 is 23.3 Å². The van der Waals surface area contributed by atoms with Crippen LogP contribution in [0, 0.1) is 6.92 Å². The number of nitrogens with one attached hydrogen (secondary N) is 2. The average Bonchev–Trinajstić information content (AvgIpc) is 2.53. The monoisotopic (exact) mass is 347 g/mol. The van der Waals surface area contributed by atoms with E-state index in [1.807, 2.05) is 43.3 Å². The van der Waals surface area contributed by atoms with E-state index >= 15 is 0 Å². The molecule has 0 unspecified atom stereocenters. The Morgan fingerprint density at radius 2 is 1.92 bits per heavy atom.